The molecule has 0 unspecified atom stereocenters. The van der Waals surface area contributed by atoms with Crippen LogP contribution in [0.1, 0.15) is 17.7 Å². The summed E-state index contributed by atoms with van der Waals surface area (Å²) in [5.41, 5.74) is 0. The number of halogens is 1. The molecule has 6 heteroatoms. The Morgan fingerprint density at radius 3 is 2.87 bits per heavy atom. The van der Waals surface area contributed by atoms with Crippen LogP contribution in [0.5, 0.6) is 5.88 Å². The second-order valence-corrected chi connectivity index (χ2v) is 7.12. The molecule has 1 fully saturated rings. The summed E-state index contributed by atoms with van der Waals surface area (Å²) >= 11 is 5.06. The second kappa shape index (κ2) is 7.75. The Kier molecular flexibility index (Phi) is 5.46. The van der Waals surface area contributed by atoms with Crippen molar-refractivity contribution in [3.8, 4) is 5.88 Å². The summed E-state index contributed by atoms with van der Waals surface area (Å²) < 4.78 is 6.78. The van der Waals surface area contributed by atoms with Gasteiger partial charge in [0.25, 0.3) is 0 Å². The van der Waals surface area contributed by atoms with Crippen molar-refractivity contribution in [1.82, 2.24) is 9.88 Å². The molecule has 4 nitrogen and oxygen atoms in total. The monoisotopic (exact) mass is 392 g/mol. The number of piperidine rings is 1. The van der Waals surface area contributed by atoms with Crippen LogP contribution in [-0.4, -0.2) is 35.0 Å². The van der Waals surface area contributed by atoms with Gasteiger partial charge in [-0.15, -0.1) is 11.3 Å². The fourth-order valence-electron chi connectivity index (χ4n) is 2.45. The number of likely N-dealkylation sites (tertiary alicyclic amines) is 1. The van der Waals surface area contributed by atoms with Gasteiger partial charge in [0.2, 0.25) is 11.8 Å². The molecule has 0 spiro atoms. The van der Waals surface area contributed by atoms with Crippen molar-refractivity contribution >= 4 is 39.2 Å². The van der Waals surface area contributed by atoms with Crippen molar-refractivity contribution in [2.45, 2.75) is 18.9 Å². The third-order valence-corrected chi connectivity index (χ3v) is 5.13. The number of carbonyl (C=O) groups is 1. The quantitative estimate of drug-likeness (QED) is 0.738. The summed E-state index contributed by atoms with van der Waals surface area (Å²) in [4.78, 5) is 19.4. The van der Waals surface area contributed by atoms with Gasteiger partial charge < -0.3 is 9.64 Å². The van der Waals surface area contributed by atoms with Crippen molar-refractivity contribution in [2.75, 3.05) is 13.1 Å². The first-order chi connectivity index (χ1) is 11.2. The van der Waals surface area contributed by atoms with Crippen molar-refractivity contribution in [3.05, 3.63) is 51.3 Å². The molecule has 0 radical (unpaired) electrons. The van der Waals surface area contributed by atoms with Gasteiger partial charge in [0, 0.05) is 43.1 Å². The van der Waals surface area contributed by atoms with Crippen LogP contribution in [-0.2, 0) is 4.79 Å². The van der Waals surface area contributed by atoms with Gasteiger partial charge in [0.1, 0.15) is 6.10 Å². The number of nitrogens with zero attached hydrogens (tertiary/aromatic N) is 2. The molecule has 1 aliphatic heterocycles. The van der Waals surface area contributed by atoms with Gasteiger partial charge >= 0.3 is 0 Å². The van der Waals surface area contributed by atoms with Crippen molar-refractivity contribution in [3.63, 3.8) is 0 Å². The van der Waals surface area contributed by atoms with Gasteiger partial charge in [0.05, 0.1) is 4.47 Å². The number of pyridine rings is 1. The molecule has 2 aromatic heterocycles. The molecule has 0 aromatic carbocycles. The molecule has 1 saturated heterocycles. The van der Waals surface area contributed by atoms with Gasteiger partial charge in [-0.2, -0.15) is 0 Å². The first-order valence-electron chi connectivity index (χ1n) is 7.50. The first-order valence-corrected chi connectivity index (χ1v) is 9.17. The maximum atomic E-state index is 12.2. The highest BCUT2D eigenvalue weighted by atomic mass is 79.9. The molecule has 3 rings (SSSR count). The fraction of sp³-hybridized carbons (Fsp3) is 0.294. The lowest BCUT2D eigenvalue weighted by Crippen LogP contribution is -2.41. The average molecular weight is 393 g/mol. The lowest BCUT2D eigenvalue weighted by atomic mass is 10.1. The molecule has 1 aliphatic rings. The zero-order valence-corrected chi connectivity index (χ0v) is 14.9. The van der Waals surface area contributed by atoms with Crippen LogP contribution < -0.4 is 4.74 Å². The molecular formula is C17H17BrN2O2S. The Hall–Kier alpha value is -1.66. The zero-order valence-electron chi connectivity index (χ0n) is 12.5. The van der Waals surface area contributed by atoms with E-state index in [0.717, 1.165) is 22.2 Å². The second-order valence-electron chi connectivity index (χ2n) is 5.28. The van der Waals surface area contributed by atoms with Gasteiger partial charge in [-0.25, -0.2) is 4.98 Å². The van der Waals surface area contributed by atoms with E-state index >= 15 is 0 Å². The van der Waals surface area contributed by atoms with E-state index in [9.17, 15) is 4.79 Å². The number of carbonyl (C=O) groups excluding carboxylic acids is 1. The van der Waals surface area contributed by atoms with Crippen LogP contribution in [0.15, 0.2) is 46.4 Å². The predicted molar refractivity (Wildman–Crippen MR) is 95.5 cm³/mol. The van der Waals surface area contributed by atoms with E-state index < -0.39 is 0 Å². The molecule has 0 saturated carbocycles. The summed E-state index contributed by atoms with van der Waals surface area (Å²) in [5.74, 6) is 0.686. The van der Waals surface area contributed by atoms with Gasteiger partial charge in [-0.1, -0.05) is 6.07 Å². The molecular weight excluding hydrogens is 376 g/mol. The van der Waals surface area contributed by atoms with Gasteiger partial charge in [-0.05, 0) is 45.6 Å². The van der Waals surface area contributed by atoms with E-state index in [1.54, 1.807) is 23.6 Å². The lowest BCUT2D eigenvalue weighted by Gasteiger charge is -2.31. The SMILES string of the molecule is O=C(/C=C/c1cccs1)N1CCC(Oc2ncccc2Br)CC1. The van der Waals surface area contributed by atoms with E-state index in [4.69, 9.17) is 4.74 Å². The molecule has 3 heterocycles. The van der Waals surface area contributed by atoms with Gasteiger partial charge in [-0.3, -0.25) is 4.79 Å². The Morgan fingerprint density at radius 2 is 2.17 bits per heavy atom. The molecule has 2 aromatic rings. The van der Waals surface area contributed by atoms with E-state index in [0.29, 0.717) is 19.0 Å². The Morgan fingerprint density at radius 1 is 1.35 bits per heavy atom. The number of hydrogen-bond acceptors (Lipinski definition) is 4. The highest BCUT2D eigenvalue weighted by Crippen LogP contribution is 2.25. The normalized spacial score (nSPS) is 16.0. The van der Waals surface area contributed by atoms with E-state index in [1.165, 1.54) is 0 Å². The van der Waals surface area contributed by atoms with Crippen LogP contribution in [0.3, 0.4) is 0 Å². The summed E-state index contributed by atoms with van der Waals surface area (Å²) in [6.07, 6.45) is 6.99. The standard InChI is InChI=1S/C17H17BrN2O2S/c18-15-4-1-9-19-17(15)22-13-7-10-20(11-8-13)16(21)6-5-14-3-2-12-23-14/h1-6,9,12-13H,7-8,10-11H2/b6-5+. The molecule has 0 aliphatic carbocycles. The maximum Gasteiger partial charge on any atom is 0.246 e. The molecule has 0 bridgehead atoms. The third kappa shape index (κ3) is 4.42. The Bertz CT molecular complexity index is 680. The Labute approximate surface area is 147 Å². The van der Waals surface area contributed by atoms with Crippen LogP contribution in [0.25, 0.3) is 6.08 Å². The first kappa shape index (κ1) is 16.2. The number of ether oxygens (including phenoxy) is 1. The highest BCUT2D eigenvalue weighted by Gasteiger charge is 2.23. The minimum Gasteiger partial charge on any atom is -0.473 e. The highest BCUT2D eigenvalue weighted by molar-refractivity contribution is 9.10. The maximum absolute atomic E-state index is 12.2. The van der Waals surface area contributed by atoms with E-state index in [-0.39, 0.29) is 12.0 Å². The smallest absolute Gasteiger partial charge is 0.246 e. The zero-order chi connectivity index (χ0) is 16.1. The van der Waals surface area contributed by atoms with Crippen molar-refractivity contribution in [2.24, 2.45) is 0 Å². The van der Waals surface area contributed by atoms with Gasteiger partial charge in [0.15, 0.2) is 0 Å². The number of thiophene rings is 1. The number of amides is 1. The predicted octanol–water partition coefficient (Wildman–Crippen LogP) is 3.99. The topological polar surface area (TPSA) is 42.4 Å². The minimum atomic E-state index is 0.0656. The van der Waals surface area contributed by atoms with E-state index in [2.05, 4.69) is 20.9 Å². The van der Waals surface area contributed by atoms with Crippen molar-refractivity contribution in [1.29, 1.82) is 0 Å². The van der Waals surface area contributed by atoms with Crippen molar-refractivity contribution < 1.29 is 9.53 Å². The molecule has 0 N–H and O–H groups in total. The van der Waals surface area contributed by atoms with Crippen LogP contribution in [0.4, 0.5) is 0 Å². The van der Waals surface area contributed by atoms with Crippen LogP contribution in [0, 0.1) is 0 Å². The number of hydrogen-bond donors (Lipinski definition) is 0. The number of rotatable bonds is 4. The van der Waals surface area contributed by atoms with Crippen LogP contribution in [0.2, 0.25) is 0 Å². The third-order valence-electron chi connectivity index (χ3n) is 3.69. The summed E-state index contributed by atoms with van der Waals surface area (Å²) in [7, 11) is 0. The molecule has 120 valence electrons. The number of aromatic nitrogens is 1. The molecule has 1 amide bonds. The van der Waals surface area contributed by atoms with E-state index in [1.807, 2.05) is 40.6 Å². The fourth-order valence-corrected chi connectivity index (χ4v) is 3.42. The minimum absolute atomic E-state index is 0.0656. The molecule has 0 atom stereocenters. The summed E-state index contributed by atoms with van der Waals surface area (Å²) in [6, 6.07) is 7.75. The summed E-state index contributed by atoms with van der Waals surface area (Å²) in [5, 5.41) is 2.00. The largest absolute Gasteiger partial charge is 0.473 e. The Balaban J connectivity index is 1.50. The van der Waals surface area contributed by atoms with Crippen LogP contribution >= 0.6 is 27.3 Å². The average Bonchev–Trinajstić information content (AvgIpc) is 3.09. The molecule has 23 heavy (non-hydrogen) atoms. The lowest BCUT2D eigenvalue weighted by molar-refractivity contribution is -0.127. The summed E-state index contributed by atoms with van der Waals surface area (Å²) in [6.45, 7) is 1.42.